The normalized spacial score (nSPS) is 17.3. The van der Waals surface area contributed by atoms with Gasteiger partial charge < -0.3 is 14.8 Å². The van der Waals surface area contributed by atoms with E-state index in [-0.39, 0.29) is 18.4 Å². The van der Waals surface area contributed by atoms with Crippen molar-refractivity contribution in [2.45, 2.75) is 51.0 Å². The molecule has 6 nitrogen and oxygen atoms in total. The smallest absolute Gasteiger partial charge is 0.303 e. The van der Waals surface area contributed by atoms with E-state index in [0.29, 0.717) is 17.1 Å². The average molecular weight is 280 g/mol. The number of nitrogens with zero attached hydrogens (tertiary/aromatic N) is 1. The first-order chi connectivity index (χ1) is 9.48. The molecule has 1 fully saturated rings. The quantitative estimate of drug-likeness (QED) is 0.853. The summed E-state index contributed by atoms with van der Waals surface area (Å²) in [6, 6.07) is 0. The van der Waals surface area contributed by atoms with Gasteiger partial charge in [0.15, 0.2) is 0 Å². The van der Waals surface area contributed by atoms with E-state index < -0.39 is 11.6 Å². The molecule has 0 atom stereocenters. The molecule has 0 spiro atoms. The number of methoxy groups -OCH3 is 1. The molecule has 1 aromatic heterocycles. The van der Waals surface area contributed by atoms with Gasteiger partial charge in [-0.3, -0.25) is 9.59 Å². The summed E-state index contributed by atoms with van der Waals surface area (Å²) in [6.07, 6.45) is 3.93. The Morgan fingerprint density at radius 1 is 1.45 bits per heavy atom. The summed E-state index contributed by atoms with van der Waals surface area (Å²) < 4.78 is 5.61. The van der Waals surface area contributed by atoms with Crippen molar-refractivity contribution in [2.75, 3.05) is 7.11 Å². The minimum Gasteiger partial charge on any atom is -0.481 e. The third kappa shape index (κ3) is 2.75. The van der Waals surface area contributed by atoms with E-state index in [1.54, 1.807) is 14.0 Å². The molecule has 110 valence electrons. The number of aromatic nitrogens is 2. The van der Waals surface area contributed by atoms with E-state index in [2.05, 4.69) is 9.97 Å². The van der Waals surface area contributed by atoms with Crippen molar-refractivity contribution in [3.63, 3.8) is 0 Å². The molecule has 0 amide bonds. The van der Waals surface area contributed by atoms with Gasteiger partial charge in [-0.1, -0.05) is 0 Å². The van der Waals surface area contributed by atoms with Gasteiger partial charge in [-0.05, 0) is 39.0 Å². The first-order valence-corrected chi connectivity index (χ1v) is 6.86. The lowest BCUT2D eigenvalue weighted by Crippen LogP contribution is -2.32. The van der Waals surface area contributed by atoms with Crippen LogP contribution >= 0.6 is 0 Å². The highest BCUT2D eigenvalue weighted by atomic mass is 16.5. The number of carbonyl (C=O) groups is 1. The topological polar surface area (TPSA) is 92.3 Å². The maximum absolute atomic E-state index is 12.1. The van der Waals surface area contributed by atoms with Crippen molar-refractivity contribution in [1.82, 2.24) is 9.97 Å². The van der Waals surface area contributed by atoms with E-state index in [1.165, 1.54) is 0 Å². The van der Waals surface area contributed by atoms with Crippen LogP contribution in [0, 0.1) is 6.92 Å². The fourth-order valence-corrected chi connectivity index (χ4v) is 2.84. The standard InChI is InChI=1S/C14H20N2O4/c1-9-10(5-6-11(17)18)12(19)16-13(15-9)14(20-2)7-3-4-8-14/h3-8H2,1-2H3,(H,17,18)(H,15,16,19). The number of aromatic amines is 1. The number of carboxylic acids is 1. The Hall–Kier alpha value is -1.69. The molecule has 6 heteroatoms. The number of nitrogens with one attached hydrogen (secondary N) is 1. The van der Waals surface area contributed by atoms with E-state index in [9.17, 15) is 9.59 Å². The van der Waals surface area contributed by atoms with Gasteiger partial charge in [0.1, 0.15) is 11.4 Å². The Kier molecular flexibility index (Phi) is 4.23. The molecule has 0 bridgehead atoms. The highest BCUT2D eigenvalue weighted by Gasteiger charge is 2.38. The average Bonchev–Trinajstić information content (AvgIpc) is 2.87. The van der Waals surface area contributed by atoms with Gasteiger partial charge in [-0.2, -0.15) is 0 Å². The zero-order chi connectivity index (χ0) is 14.8. The molecule has 1 aliphatic carbocycles. The van der Waals surface area contributed by atoms with Crippen LogP contribution in [0.4, 0.5) is 0 Å². The van der Waals surface area contributed by atoms with Crippen LogP contribution in [0.3, 0.4) is 0 Å². The Morgan fingerprint density at radius 3 is 2.60 bits per heavy atom. The minimum absolute atomic E-state index is 0.0691. The summed E-state index contributed by atoms with van der Waals surface area (Å²) in [5.74, 6) is -0.351. The number of aliphatic carboxylic acids is 1. The SMILES string of the molecule is COC1(c2nc(C)c(CCC(=O)O)c(=O)[nH]2)CCCC1. The highest BCUT2D eigenvalue weighted by molar-refractivity contribution is 5.67. The van der Waals surface area contributed by atoms with Crippen LogP contribution < -0.4 is 5.56 Å². The number of rotatable bonds is 5. The highest BCUT2D eigenvalue weighted by Crippen LogP contribution is 2.39. The van der Waals surface area contributed by atoms with Crippen molar-refractivity contribution in [3.8, 4) is 0 Å². The molecule has 0 saturated heterocycles. The minimum atomic E-state index is -0.919. The predicted octanol–water partition coefficient (Wildman–Crippen LogP) is 1.51. The van der Waals surface area contributed by atoms with Gasteiger partial charge in [-0.25, -0.2) is 4.98 Å². The first kappa shape index (κ1) is 14.7. The van der Waals surface area contributed by atoms with Crippen LogP contribution in [0.25, 0.3) is 0 Å². The molecule has 2 rings (SSSR count). The van der Waals surface area contributed by atoms with E-state index in [4.69, 9.17) is 9.84 Å². The van der Waals surface area contributed by atoms with Gasteiger partial charge in [0.2, 0.25) is 0 Å². The second-order valence-electron chi connectivity index (χ2n) is 5.28. The Morgan fingerprint density at radius 2 is 2.10 bits per heavy atom. The van der Waals surface area contributed by atoms with Crippen LogP contribution in [-0.4, -0.2) is 28.2 Å². The molecule has 0 radical (unpaired) electrons. The second-order valence-corrected chi connectivity index (χ2v) is 5.28. The van der Waals surface area contributed by atoms with Crippen molar-refractivity contribution in [2.24, 2.45) is 0 Å². The van der Waals surface area contributed by atoms with Crippen LogP contribution in [-0.2, 0) is 21.6 Å². The summed E-state index contributed by atoms with van der Waals surface area (Å²) in [5, 5.41) is 8.71. The summed E-state index contributed by atoms with van der Waals surface area (Å²) in [5.41, 5.74) is 0.292. The molecule has 20 heavy (non-hydrogen) atoms. The summed E-state index contributed by atoms with van der Waals surface area (Å²) >= 11 is 0. The Balaban J connectivity index is 2.34. The van der Waals surface area contributed by atoms with Gasteiger partial charge in [-0.15, -0.1) is 0 Å². The lowest BCUT2D eigenvalue weighted by molar-refractivity contribution is -0.136. The van der Waals surface area contributed by atoms with E-state index in [0.717, 1.165) is 25.7 Å². The molecule has 1 saturated carbocycles. The largest absolute Gasteiger partial charge is 0.481 e. The number of hydrogen-bond acceptors (Lipinski definition) is 4. The van der Waals surface area contributed by atoms with Crippen LogP contribution in [0.5, 0.6) is 0 Å². The summed E-state index contributed by atoms with van der Waals surface area (Å²) in [6.45, 7) is 1.74. The molecule has 1 heterocycles. The molecular formula is C14H20N2O4. The van der Waals surface area contributed by atoms with E-state index >= 15 is 0 Å². The first-order valence-electron chi connectivity index (χ1n) is 6.86. The summed E-state index contributed by atoms with van der Waals surface area (Å²) in [7, 11) is 1.64. The van der Waals surface area contributed by atoms with Crippen molar-refractivity contribution in [1.29, 1.82) is 0 Å². The maximum Gasteiger partial charge on any atom is 0.303 e. The van der Waals surface area contributed by atoms with Gasteiger partial charge >= 0.3 is 5.97 Å². The molecule has 1 aromatic rings. The van der Waals surface area contributed by atoms with E-state index in [1.807, 2.05) is 0 Å². The molecule has 2 N–H and O–H groups in total. The van der Waals surface area contributed by atoms with Crippen molar-refractivity contribution < 1.29 is 14.6 Å². The zero-order valence-corrected chi connectivity index (χ0v) is 11.9. The number of H-pyrrole nitrogens is 1. The van der Waals surface area contributed by atoms with Gasteiger partial charge in [0, 0.05) is 24.8 Å². The molecular weight excluding hydrogens is 260 g/mol. The zero-order valence-electron chi connectivity index (χ0n) is 11.9. The van der Waals surface area contributed by atoms with Crippen LogP contribution in [0.2, 0.25) is 0 Å². The lowest BCUT2D eigenvalue weighted by atomic mass is 10.00. The Bertz CT molecular complexity index is 559. The predicted molar refractivity (Wildman–Crippen MR) is 72.7 cm³/mol. The van der Waals surface area contributed by atoms with Crippen molar-refractivity contribution in [3.05, 3.63) is 27.4 Å². The third-order valence-electron chi connectivity index (χ3n) is 4.04. The Labute approximate surface area is 117 Å². The molecule has 0 aliphatic heterocycles. The van der Waals surface area contributed by atoms with Gasteiger partial charge in [0.25, 0.3) is 5.56 Å². The molecule has 0 aromatic carbocycles. The second kappa shape index (κ2) is 5.75. The summed E-state index contributed by atoms with van der Waals surface area (Å²) in [4.78, 5) is 30.0. The van der Waals surface area contributed by atoms with Crippen molar-refractivity contribution >= 4 is 5.97 Å². The fourth-order valence-electron chi connectivity index (χ4n) is 2.84. The number of aryl methyl sites for hydroxylation is 1. The lowest BCUT2D eigenvalue weighted by Gasteiger charge is -2.26. The van der Waals surface area contributed by atoms with Crippen LogP contribution in [0.1, 0.15) is 49.2 Å². The number of hydrogen-bond donors (Lipinski definition) is 2. The molecule has 1 aliphatic rings. The maximum atomic E-state index is 12.1. The molecule has 0 unspecified atom stereocenters. The third-order valence-corrected chi connectivity index (χ3v) is 4.04. The van der Waals surface area contributed by atoms with Crippen LogP contribution in [0.15, 0.2) is 4.79 Å². The number of carboxylic acid groups (broad SMARTS) is 1. The number of ether oxygens (including phenoxy) is 1. The monoisotopic (exact) mass is 280 g/mol. The fraction of sp³-hybridized carbons (Fsp3) is 0.643. The van der Waals surface area contributed by atoms with Gasteiger partial charge in [0.05, 0.1) is 0 Å².